The molecular formula is C14H17N3O2. The van der Waals surface area contributed by atoms with Gasteiger partial charge in [0.2, 0.25) is 5.89 Å². The van der Waals surface area contributed by atoms with Gasteiger partial charge in [-0.05, 0) is 30.5 Å². The lowest BCUT2D eigenvalue weighted by Gasteiger charge is -1.99. The Morgan fingerprint density at radius 3 is 2.79 bits per heavy atom. The van der Waals surface area contributed by atoms with Gasteiger partial charge in [-0.2, -0.15) is 4.98 Å². The highest BCUT2D eigenvalue weighted by atomic mass is 16.5. The van der Waals surface area contributed by atoms with Crippen molar-refractivity contribution in [3.05, 3.63) is 41.5 Å². The van der Waals surface area contributed by atoms with E-state index >= 15 is 0 Å². The van der Waals surface area contributed by atoms with Gasteiger partial charge in [0.25, 0.3) is 0 Å². The standard InChI is InChI=1S/C14H17N3O2/c15-12-4-1-10(2-5-12)3-6-13-16-14(17-19-13)11-7-8-18-9-11/h1-2,4-5,11H,3,6-9,15H2. The summed E-state index contributed by atoms with van der Waals surface area (Å²) in [6, 6.07) is 7.86. The molecule has 0 bridgehead atoms. The Labute approximate surface area is 111 Å². The normalized spacial score (nSPS) is 18.8. The summed E-state index contributed by atoms with van der Waals surface area (Å²) in [4.78, 5) is 4.44. The molecule has 0 aliphatic carbocycles. The van der Waals surface area contributed by atoms with E-state index in [-0.39, 0.29) is 0 Å². The van der Waals surface area contributed by atoms with Gasteiger partial charge in [0.15, 0.2) is 5.82 Å². The van der Waals surface area contributed by atoms with E-state index in [1.807, 2.05) is 24.3 Å². The number of nitrogen functional groups attached to an aromatic ring is 1. The van der Waals surface area contributed by atoms with Gasteiger partial charge in [0.05, 0.1) is 6.61 Å². The highest BCUT2D eigenvalue weighted by molar-refractivity contribution is 5.39. The van der Waals surface area contributed by atoms with Crippen molar-refractivity contribution in [2.24, 2.45) is 0 Å². The molecule has 19 heavy (non-hydrogen) atoms. The van der Waals surface area contributed by atoms with Gasteiger partial charge in [-0.25, -0.2) is 0 Å². The molecule has 1 unspecified atom stereocenters. The second kappa shape index (κ2) is 5.40. The lowest BCUT2D eigenvalue weighted by Crippen LogP contribution is -2.00. The molecule has 1 aliphatic heterocycles. The molecule has 2 N–H and O–H groups in total. The molecule has 1 aliphatic rings. The van der Waals surface area contributed by atoms with Gasteiger partial charge >= 0.3 is 0 Å². The van der Waals surface area contributed by atoms with Crippen LogP contribution in [0.3, 0.4) is 0 Å². The van der Waals surface area contributed by atoms with E-state index in [2.05, 4.69) is 10.1 Å². The van der Waals surface area contributed by atoms with Crippen LogP contribution in [0.2, 0.25) is 0 Å². The zero-order valence-corrected chi connectivity index (χ0v) is 10.7. The molecule has 1 aromatic carbocycles. The fourth-order valence-corrected chi connectivity index (χ4v) is 2.21. The summed E-state index contributed by atoms with van der Waals surface area (Å²) in [5.41, 5.74) is 7.66. The number of rotatable bonds is 4. The molecule has 0 saturated carbocycles. The van der Waals surface area contributed by atoms with Gasteiger partial charge in [0, 0.05) is 24.6 Å². The summed E-state index contributed by atoms with van der Waals surface area (Å²) in [6.07, 6.45) is 2.62. The first-order valence-electron chi connectivity index (χ1n) is 6.56. The smallest absolute Gasteiger partial charge is 0.226 e. The average molecular weight is 259 g/mol. The van der Waals surface area contributed by atoms with Crippen LogP contribution >= 0.6 is 0 Å². The van der Waals surface area contributed by atoms with E-state index in [4.69, 9.17) is 15.0 Å². The third kappa shape index (κ3) is 2.93. The minimum Gasteiger partial charge on any atom is -0.399 e. The highest BCUT2D eigenvalue weighted by Crippen LogP contribution is 2.22. The van der Waals surface area contributed by atoms with Crippen molar-refractivity contribution in [3.8, 4) is 0 Å². The summed E-state index contributed by atoms with van der Waals surface area (Å²) in [7, 11) is 0. The van der Waals surface area contributed by atoms with Crippen LogP contribution in [0.15, 0.2) is 28.8 Å². The number of hydrogen-bond acceptors (Lipinski definition) is 5. The quantitative estimate of drug-likeness (QED) is 0.849. The van der Waals surface area contributed by atoms with Crippen LogP contribution in [0.5, 0.6) is 0 Å². The fraction of sp³-hybridized carbons (Fsp3) is 0.429. The van der Waals surface area contributed by atoms with Crippen LogP contribution in [-0.2, 0) is 17.6 Å². The van der Waals surface area contributed by atoms with Crippen molar-refractivity contribution >= 4 is 5.69 Å². The molecule has 2 heterocycles. The molecule has 1 fully saturated rings. The summed E-state index contributed by atoms with van der Waals surface area (Å²) < 4.78 is 10.6. The summed E-state index contributed by atoms with van der Waals surface area (Å²) in [5.74, 6) is 1.78. The molecule has 1 aromatic heterocycles. The summed E-state index contributed by atoms with van der Waals surface area (Å²) in [6.45, 7) is 1.50. The van der Waals surface area contributed by atoms with Gasteiger partial charge in [0.1, 0.15) is 0 Å². The molecule has 0 radical (unpaired) electrons. The van der Waals surface area contributed by atoms with Crippen LogP contribution in [0.1, 0.15) is 29.6 Å². The lowest BCUT2D eigenvalue weighted by atomic mass is 10.1. The van der Waals surface area contributed by atoms with Crippen molar-refractivity contribution in [1.29, 1.82) is 0 Å². The Hall–Kier alpha value is -1.88. The largest absolute Gasteiger partial charge is 0.399 e. The van der Waals surface area contributed by atoms with Crippen molar-refractivity contribution in [1.82, 2.24) is 10.1 Å². The van der Waals surface area contributed by atoms with E-state index in [1.54, 1.807) is 0 Å². The Kier molecular flexibility index (Phi) is 3.46. The summed E-state index contributed by atoms with van der Waals surface area (Å²) in [5, 5.41) is 4.04. The van der Waals surface area contributed by atoms with Crippen molar-refractivity contribution in [2.75, 3.05) is 18.9 Å². The number of hydrogen-bond donors (Lipinski definition) is 1. The van der Waals surface area contributed by atoms with E-state index in [0.29, 0.717) is 18.4 Å². The van der Waals surface area contributed by atoms with Gasteiger partial charge in [-0.3, -0.25) is 0 Å². The maximum atomic E-state index is 5.65. The maximum absolute atomic E-state index is 5.65. The molecular weight excluding hydrogens is 242 g/mol. The van der Waals surface area contributed by atoms with Gasteiger partial charge < -0.3 is 15.0 Å². The molecule has 3 rings (SSSR count). The van der Waals surface area contributed by atoms with Gasteiger partial charge in [-0.15, -0.1) is 0 Å². The van der Waals surface area contributed by atoms with E-state index in [1.165, 1.54) is 5.56 Å². The predicted octanol–water partition coefficient (Wildman–Crippen LogP) is 1.94. The van der Waals surface area contributed by atoms with E-state index < -0.39 is 0 Å². The predicted molar refractivity (Wildman–Crippen MR) is 70.7 cm³/mol. The third-order valence-corrected chi connectivity index (χ3v) is 3.39. The maximum Gasteiger partial charge on any atom is 0.226 e. The minimum absolute atomic E-state index is 0.300. The molecule has 1 atom stereocenters. The SMILES string of the molecule is Nc1ccc(CCc2nc(C3CCOC3)no2)cc1. The van der Waals surface area contributed by atoms with E-state index in [9.17, 15) is 0 Å². The zero-order chi connectivity index (χ0) is 13.1. The molecule has 2 aromatic rings. The fourth-order valence-electron chi connectivity index (χ4n) is 2.21. The van der Waals surface area contributed by atoms with Gasteiger partial charge in [-0.1, -0.05) is 17.3 Å². The van der Waals surface area contributed by atoms with Crippen molar-refractivity contribution in [3.63, 3.8) is 0 Å². The monoisotopic (exact) mass is 259 g/mol. The molecule has 0 amide bonds. The first-order chi connectivity index (χ1) is 9.31. The topological polar surface area (TPSA) is 74.2 Å². The Balaban J connectivity index is 1.59. The zero-order valence-electron chi connectivity index (χ0n) is 10.7. The first-order valence-corrected chi connectivity index (χ1v) is 6.56. The van der Waals surface area contributed by atoms with Crippen LogP contribution in [0, 0.1) is 0 Å². The Morgan fingerprint density at radius 1 is 1.21 bits per heavy atom. The third-order valence-electron chi connectivity index (χ3n) is 3.39. The van der Waals surface area contributed by atoms with Crippen LogP contribution in [-0.4, -0.2) is 23.4 Å². The van der Waals surface area contributed by atoms with E-state index in [0.717, 1.165) is 37.4 Å². The van der Waals surface area contributed by atoms with Crippen LogP contribution in [0.25, 0.3) is 0 Å². The number of nitrogens with two attached hydrogens (primary N) is 1. The highest BCUT2D eigenvalue weighted by Gasteiger charge is 2.22. The second-order valence-electron chi connectivity index (χ2n) is 4.85. The number of nitrogens with zero attached hydrogens (tertiary/aromatic N) is 2. The Morgan fingerprint density at radius 2 is 2.05 bits per heavy atom. The average Bonchev–Trinajstić information content (AvgIpc) is 3.09. The van der Waals surface area contributed by atoms with Crippen LogP contribution in [0.4, 0.5) is 5.69 Å². The number of aromatic nitrogens is 2. The molecule has 5 heteroatoms. The number of ether oxygens (including phenoxy) is 1. The molecule has 100 valence electrons. The molecule has 5 nitrogen and oxygen atoms in total. The number of aryl methyl sites for hydroxylation is 2. The number of anilines is 1. The number of benzene rings is 1. The van der Waals surface area contributed by atoms with Crippen molar-refractivity contribution in [2.45, 2.75) is 25.2 Å². The summed E-state index contributed by atoms with van der Waals surface area (Å²) >= 11 is 0. The first kappa shape index (κ1) is 12.2. The lowest BCUT2D eigenvalue weighted by molar-refractivity contribution is 0.192. The second-order valence-corrected chi connectivity index (χ2v) is 4.85. The Bertz CT molecular complexity index is 530. The van der Waals surface area contributed by atoms with Crippen molar-refractivity contribution < 1.29 is 9.26 Å². The minimum atomic E-state index is 0.300. The molecule has 1 saturated heterocycles. The molecule has 0 spiro atoms. The van der Waals surface area contributed by atoms with Crippen LogP contribution < -0.4 is 5.73 Å².